The van der Waals surface area contributed by atoms with E-state index >= 15 is 0 Å². The SMILES string of the molecule is O=C(/C=C/c1ccc(Cl)cc1Cl)c1cccc(OC(F)F)c1. The Morgan fingerprint density at radius 3 is 2.59 bits per heavy atom. The van der Waals surface area contributed by atoms with Gasteiger partial charge in [0, 0.05) is 15.6 Å². The standard InChI is InChI=1S/C16H10Cl2F2O2/c17-12-6-4-10(14(18)9-12)5-7-15(21)11-2-1-3-13(8-11)22-16(19)20/h1-9,16H/b7-5+. The first kappa shape index (κ1) is 16.5. The fourth-order valence-corrected chi connectivity index (χ4v) is 2.20. The maximum atomic E-state index is 12.2. The highest BCUT2D eigenvalue weighted by Gasteiger charge is 2.08. The Balaban J connectivity index is 2.16. The summed E-state index contributed by atoms with van der Waals surface area (Å²) in [6.07, 6.45) is 2.83. The molecule has 0 spiro atoms. The van der Waals surface area contributed by atoms with E-state index in [4.69, 9.17) is 23.2 Å². The van der Waals surface area contributed by atoms with Crippen LogP contribution in [0, 0.1) is 0 Å². The average Bonchev–Trinajstić information content (AvgIpc) is 2.45. The Bertz CT molecular complexity index is 715. The predicted octanol–water partition coefficient (Wildman–Crippen LogP) is 5.49. The van der Waals surface area contributed by atoms with Crippen molar-refractivity contribution in [3.8, 4) is 5.75 Å². The van der Waals surface area contributed by atoms with Crippen LogP contribution in [0.25, 0.3) is 6.08 Å². The summed E-state index contributed by atoms with van der Waals surface area (Å²) < 4.78 is 28.6. The number of halogens is 4. The van der Waals surface area contributed by atoms with E-state index in [0.29, 0.717) is 15.6 Å². The van der Waals surface area contributed by atoms with Gasteiger partial charge in [0.2, 0.25) is 0 Å². The molecular formula is C16H10Cl2F2O2. The summed E-state index contributed by atoms with van der Waals surface area (Å²) in [4.78, 5) is 12.0. The van der Waals surface area contributed by atoms with Crippen LogP contribution in [0.5, 0.6) is 5.75 Å². The number of hydrogen-bond donors (Lipinski definition) is 0. The van der Waals surface area contributed by atoms with Crippen molar-refractivity contribution in [3.63, 3.8) is 0 Å². The monoisotopic (exact) mass is 342 g/mol. The largest absolute Gasteiger partial charge is 0.435 e. The van der Waals surface area contributed by atoms with Crippen LogP contribution < -0.4 is 4.74 Å². The number of carbonyl (C=O) groups excluding carboxylic acids is 1. The van der Waals surface area contributed by atoms with Gasteiger partial charge in [0.05, 0.1) is 0 Å². The third-order valence-corrected chi connectivity index (χ3v) is 3.28. The van der Waals surface area contributed by atoms with Gasteiger partial charge >= 0.3 is 6.61 Å². The van der Waals surface area contributed by atoms with Crippen LogP contribution in [0.15, 0.2) is 48.5 Å². The van der Waals surface area contributed by atoms with Crippen LogP contribution in [0.4, 0.5) is 8.78 Å². The van der Waals surface area contributed by atoms with Gasteiger partial charge in [0.15, 0.2) is 5.78 Å². The third-order valence-electron chi connectivity index (χ3n) is 2.72. The van der Waals surface area contributed by atoms with Crippen molar-refractivity contribution in [2.24, 2.45) is 0 Å². The molecule has 114 valence electrons. The highest BCUT2D eigenvalue weighted by molar-refractivity contribution is 6.35. The van der Waals surface area contributed by atoms with Gasteiger partial charge in [0.25, 0.3) is 0 Å². The minimum atomic E-state index is -2.94. The summed E-state index contributed by atoms with van der Waals surface area (Å²) in [6, 6.07) is 10.5. The van der Waals surface area contributed by atoms with Crippen molar-refractivity contribution in [1.82, 2.24) is 0 Å². The van der Waals surface area contributed by atoms with Gasteiger partial charge in [-0.1, -0.05) is 41.4 Å². The maximum Gasteiger partial charge on any atom is 0.387 e. The number of ether oxygens (including phenoxy) is 1. The molecule has 2 aromatic carbocycles. The number of carbonyl (C=O) groups is 1. The molecule has 0 aromatic heterocycles. The Labute approximate surface area is 135 Å². The molecule has 0 aliphatic rings. The molecule has 0 heterocycles. The van der Waals surface area contributed by atoms with E-state index in [9.17, 15) is 13.6 Å². The molecule has 0 saturated heterocycles. The molecule has 0 bridgehead atoms. The molecule has 0 atom stereocenters. The molecular weight excluding hydrogens is 333 g/mol. The summed E-state index contributed by atoms with van der Waals surface area (Å²) in [5, 5.41) is 0.900. The first-order valence-electron chi connectivity index (χ1n) is 6.18. The second-order valence-corrected chi connectivity index (χ2v) is 5.11. The van der Waals surface area contributed by atoms with Crippen LogP contribution in [0.3, 0.4) is 0 Å². The molecule has 0 unspecified atom stereocenters. The lowest BCUT2D eigenvalue weighted by Crippen LogP contribution is -2.03. The minimum Gasteiger partial charge on any atom is -0.435 e. The minimum absolute atomic E-state index is 0.0706. The van der Waals surface area contributed by atoms with Crippen LogP contribution in [0.1, 0.15) is 15.9 Å². The topological polar surface area (TPSA) is 26.3 Å². The van der Waals surface area contributed by atoms with E-state index in [1.165, 1.54) is 36.4 Å². The van der Waals surface area contributed by atoms with E-state index in [0.717, 1.165) is 0 Å². The van der Waals surface area contributed by atoms with Crippen molar-refractivity contribution in [1.29, 1.82) is 0 Å². The Morgan fingerprint density at radius 2 is 1.91 bits per heavy atom. The molecule has 2 nitrogen and oxygen atoms in total. The molecule has 0 aliphatic carbocycles. The van der Waals surface area contributed by atoms with Gasteiger partial charge < -0.3 is 4.74 Å². The van der Waals surface area contributed by atoms with Crippen molar-refractivity contribution in [2.75, 3.05) is 0 Å². The van der Waals surface area contributed by atoms with E-state index in [2.05, 4.69) is 4.74 Å². The average molecular weight is 343 g/mol. The first-order valence-corrected chi connectivity index (χ1v) is 6.93. The number of alkyl halides is 2. The van der Waals surface area contributed by atoms with Gasteiger partial charge in [-0.3, -0.25) is 4.79 Å². The number of ketones is 1. The van der Waals surface area contributed by atoms with Crippen molar-refractivity contribution in [2.45, 2.75) is 6.61 Å². The van der Waals surface area contributed by atoms with Crippen LogP contribution in [0.2, 0.25) is 10.0 Å². The number of allylic oxidation sites excluding steroid dienone is 1. The molecule has 0 radical (unpaired) electrons. The normalized spacial score (nSPS) is 11.1. The molecule has 0 N–H and O–H groups in total. The lowest BCUT2D eigenvalue weighted by atomic mass is 10.1. The van der Waals surface area contributed by atoms with E-state index in [1.807, 2.05) is 0 Å². The van der Waals surface area contributed by atoms with E-state index in [-0.39, 0.29) is 17.1 Å². The number of hydrogen-bond acceptors (Lipinski definition) is 2. The van der Waals surface area contributed by atoms with E-state index < -0.39 is 6.61 Å². The Hall–Kier alpha value is -1.91. The number of rotatable bonds is 5. The highest BCUT2D eigenvalue weighted by atomic mass is 35.5. The van der Waals surface area contributed by atoms with Crippen molar-refractivity contribution < 1.29 is 18.3 Å². The zero-order chi connectivity index (χ0) is 16.1. The molecule has 0 saturated carbocycles. The fourth-order valence-electron chi connectivity index (χ4n) is 1.72. The second-order valence-electron chi connectivity index (χ2n) is 4.27. The molecule has 0 amide bonds. The second kappa shape index (κ2) is 7.38. The van der Waals surface area contributed by atoms with Gasteiger partial charge in [-0.05, 0) is 42.0 Å². The smallest absolute Gasteiger partial charge is 0.387 e. The Morgan fingerprint density at radius 1 is 1.14 bits per heavy atom. The van der Waals surface area contributed by atoms with Gasteiger partial charge in [0.1, 0.15) is 5.75 Å². The first-order chi connectivity index (χ1) is 10.5. The highest BCUT2D eigenvalue weighted by Crippen LogP contribution is 2.22. The molecule has 0 fully saturated rings. The molecule has 22 heavy (non-hydrogen) atoms. The molecule has 0 aliphatic heterocycles. The number of benzene rings is 2. The maximum absolute atomic E-state index is 12.2. The zero-order valence-corrected chi connectivity index (χ0v) is 12.6. The predicted molar refractivity (Wildman–Crippen MR) is 82.9 cm³/mol. The van der Waals surface area contributed by atoms with Gasteiger partial charge in [-0.2, -0.15) is 8.78 Å². The van der Waals surface area contributed by atoms with Crippen LogP contribution in [-0.4, -0.2) is 12.4 Å². The van der Waals surface area contributed by atoms with Crippen LogP contribution in [-0.2, 0) is 0 Å². The van der Waals surface area contributed by atoms with Crippen molar-refractivity contribution in [3.05, 3.63) is 69.7 Å². The fraction of sp³-hybridized carbons (Fsp3) is 0.0625. The molecule has 2 rings (SSSR count). The van der Waals surface area contributed by atoms with E-state index in [1.54, 1.807) is 18.2 Å². The summed E-state index contributed by atoms with van der Waals surface area (Å²) in [5.41, 5.74) is 0.860. The lowest BCUT2D eigenvalue weighted by molar-refractivity contribution is -0.0498. The third kappa shape index (κ3) is 4.55. The van der Waals surface area contributed by atoms with Crippen LogP contribution >= 0.6 is 23.2 Å². The summed E-state index contributed by atoms with van der Waals surface area (Å²) >= 11 is 11.8. The molecule has 6 heteroatoms. The Kier molecular flexibility index (Phi) is 5.52. The summed E-state index contributed by atoms with van der Waals surface area (Å²) in [7, 11) is 0. The molecule has 2 aromatic rings. The van der Waals surface area contributed by atoms with Gasteiger partial charge in [-0.25, -0.2) is 0 Å². The summed E-state index contributed by atoms with van der Waals surface area (Å²) in [5.74, 6) is -0.426. The lowest BCUT2D eigenvalue weighted by Gasteiger charge is -2.05. The quantitative estimate of drug-likeness (QED) is 0.530. The van der Waals surface area contributed by atoms with Gasteiger partial charge in [-0.15, -0.1) is 0 Å². The summed E-state index contributed by atoms with van der Waals surface area (Å²) in [6.45, 7) is -2.94. The van der Waals surface area contributed by atoms with Crippen molar-refractivity contribution >= 4 is 35.1 Å². The zero-order valence-electron chi connectivity index (χ0n) is 11.1.